The largest absolute Gasteiger partial charge is 0.472 e. The minimum Gasteiger partial charge on any atom is -0.462 e. The molecule has 0 aliphatic carbocycles. The normalized spacial score (nSPS) is 14.3. The van der Waals surface area contributed by atoms with Crippen molar-refractivity contribution in [2.45, 2.75) is 161 Å². The fourth-order valence-electron chi connectivity index (χ4n) is 5.28. The number of carbonyl (C=O) groups excluding carboxylic acids is 2. The summed E-state index contributed by atoms with van der Waals surface area (Å²) in [6.45, 7) is 4.26. The number of allylic oxidation sites excluding steroid dienone is 12. The summed E-state index contributed by atoms with van der Waals surface area (Å²) < 4.78 is 34.1. The van der Waals surface area contributed by atoms with Crippen molar-refractivity contribution in [1.82, 2.24) is 0 Å². The van der Waals surface area contributed by atoms with E-state index in [0.29, 0.717) is 23.9 Å². The monoisotopic (exact) mass is 807 g/mol. The van der Waals surface area contributed by atoms with Crippen LogP contribution in [0, 0.1) is 0 Å². The van der Waals surface area contributed by atoms with Gasteiger partial charge in [-0.05, 0) is 77.0 Å². The average Bonchev–Trinajstić information content (AvgIpc) is 3.15. The Morgan fingerprint density at radius 1 is 0.554 bits per heavy atom. The Labute approximate surface area is 342 Å². The summed E-state index contributed by atoms with van der Waals surface area (Å²) in [4.78, 5) is 35.3. The van der Waals surface area contributed by atoms with Gasteiger partial charge in [0.25, 0.3) is 0 Å². The van der Waals surface area contributed by atoms with Crippen molar-refractivity contribution in [3.8, 4) is 0 Å². The van der Waals surface area contributed by atoms with E-state index in [0.717, 1.165) is 51.4 Å². The van der Waals surface area contributed by atoms with Crippen molar-refractivity contribution in [1.29, 1.82) is 0 Å². The van der Waals surface area contributed by atoms with Crippen LogP contribution in [0.1, 0.15) is 155 Å². The van der Waals surface area contributed by atoms with Crippen LogP contribution in [0.5, 0.6) is 0 Å². The lowest BCUT2D eigenvalue weighted by Crippen LogP contribution is -2.37. The van der Waals surface area contributed by atoms with Gasteiger partial charge >= 0.3 is 19.8 Å². The maximum Gasteiger partial charge on any atom is 0.472 e. The van der Waals surface area contributed by atoms with Gasteiger partial charge in [0.05, 0.1) is 27.7 Å². The summed E-state index contributed by atoms with van der Waals surface area (Å²) in [7, 11) is 1.42. The van der Waals surface area contributed by atoms with Crippen LogP contribution in [0.3, 0.4) is 0 Å². The third-order valence-electron chi connectivity index (χ3n) is 8.72. The van der Waals surface area contributed by atoms with Gasteiger partial charge in [-0.15, -0.1) is 0 Å². The van der Waals surface area contributed by atoms with Crippen LogP contribution in [0.2, 0.25) is 0 Å². The van der Waals surface area contributed by atoms with Crippen molar-refractivity contribution in [2.24, 2.45) is 0 Å². The molecule has 0 saturated carbocycles. The minimum absolute atomic E-state index is 0.0148. The number of ether oxygens (including phenoxy) is 2. The average molecular weight is 807 g/mol. The second-order valence-electron chi connectivity index (χ2n) is 15.4. The number of carbonyl (C=O) groups is 2. The van der Waals surface area contributed by atoms with E-state index >= 15 is 0 Å². The molecule has 322 valence electrons. The molecular formula is C46H81NO8P+. The van der Waals surface area contributed by atoms with E-state index < -0.39 is 32.5 Å². The van der Waals surface area contributed by atoms with Gasteiger partial charge < -0.3 is 18.9 Å². The van der Waals surface area contributed by atoms with Gasteiger partial charge in [-0.25, -0.2) is 4.57 Å². The molecule has 1 N–H and O–H groups in total. The van der Waals surface area contributed by atoms with Gasteiger partial charge in [-0.1, -0.05) is 138 Å². The first-order valence-electron chi connectivity index (χ1n) is 21.7. The molecule has 0 rings (SSSR count). The fourth-order valence-corrected chi connectivity index (χ4v) is 6.02. The van der Waals surface area contributed by atoms with E-state index in [4.69, 9.17) is 18.5 Å². The summed E-state index contributed by atoms with van der Waals surface area (Å²) in [6, 6.07) is 0. The second kappa shape index (κ2) is 38.0. The third kappa shape index (κ3) is 41.1. The second-order valence-corrected chi connectivity index (χ2v) is 16.8. The molecule has 0 heterocycles. The Kier molecular flexibility index (Phi) is 36.3. The highest BCUT2D eigenvalue weighted by atomic mass is 31.2. The lowest BCUT2D eigenvalue weighted by atomic mass is 10.1. The van der Waals surface area contributed by atoms with Crippen molar-refractivity contribution < 1.29 is 42.1 Å². The van der Waals surface area contributed by atoms with Crippen molar-refractivity contribution in [3.63, 3.8) is 0 Å². The van der Waals surface area contributed by atoms with Gasteiger partial charge in [0.15, 0.2) is 6.10 Å². The molecule has 0 saturated heterocycles. The highest BCUT2D eigenvalue weighted by Gasteiger charge is 2.27. The van der Waals surface area contributed by atoms with Crippen molar-refractivity contribution in [2.75, 3.05) is 47.5 Å². The zero-order valence-corrected chi connectivity index (χ0v) is 37.0. The summed E-state index contributed by atoms with van der Waals surface area (Å²) in [5.74, 6) is -0.920. The fraction of sp³-hybridized carbons (Fsp3) is 0.696. The molecule has 0 aromatic carbocycles. The first kappa shape index (κ1) is 53.5. The molecule has 9 nitrogen and oxygen atoms in total. The van der Waals surface area contributed by atoms with Crippen molar-refractivity contribution in [3.05, 3.63) is 72.9 Å². The molecule has 10 heteroatoms. The van der Waals surface area contributed by atoms with E-state index in [-0.39, 0.29) is 26.1 Å². The third-order valence-corrected chi connectivity index (χ3v) is 9.71. The molecule has 0 spiro atoms. The Hall–Kier alpha value is -2.55. The number of quaternary nitrogens is 1. The molecule has 0 aromatic heterocycles. The molecule has 0 fully saturated rings. The van der Waals surface area contributed by atoms with Gasteiger partial charge in [-0.3, -0.25) is 18.6 Å². The maximum absolute atomic E-state index is 12.6. The predicted octanol–water partition coefficient (Wildman–Crippen LogP) is 12.2. The summed E-state index contributed by atoms with van der Waals surface area (Å²) in [6.07, 6.45) is 46.8. The van der Waals surface area contributed by atoms with Crippen LogP contribution < -0.4 is 0 Å². The van der Waals surface area contributed by atoms with Crippen LogP contribution in [0.15, 0.2) is 72.9 Å². The number of rotatable bonds is 38. The highest BCUT2D eigenvalue weighted by molar-refractivity contribution is 7.47. The Morgan fingerprint density at radius 2 is 1.00 bits per heavy atom. The number of phosphoric acid groups is 1. The standard InChI is InChI=1S/C46H80NO8P/c1-6-8-10-12-14-16-18-20-21-22-23-24-25-27-28-30-32-34-36-38-45(48)52-42-44(43-54-56(50,51)53-41-40-47(3,4)5)55-46(49)39-37-35-33-31-29-26-19-17-15-13-11-9-7-2/h14,16,20-21,23-24,26-29,32,34,44H,6-13,15,17-19,22,25,30-31,33,35-43H2,1-5H3/p+1/b16-14+,21-20+,24-23+,28-27+,29-26+,34-32+/t44-/m0/s1. The summed E-state index contributed by atoms with van der Waals surface area (Å²) in [5.41, 5.74) is 0. The molecule has 1 unspecified atom stereocenters. The maximum atomic E-state index is 12.6. The number of phosphoric ester groups is 1. The van der Waals surface area contributed by atoms with Gasteiger partial charge in [0.2, 0.25) is 0 Å². The van der Waals surface area contributed by atoms with Crippen LogP contribution in [0.4, 0.5) is 0 Å². The van der Waals surface area contributed by atoms with E-state index in [9.17, 15) is 19.0 Å². The van der Waals surface area contributed by atoms with Crippen LogP contribution in [-0.2, 0) is 32.7 Å². The minimum atomic E-state index is -4.40. The van der Waals surface area contributed by atoms with E-state index in [2.05, 4.69) is 74.6 Å². The molecule has 0 aliphatic rings. The van der Waals surface area contributed by atoms with Gasteiger partial charge in [0, 0.05) is 12.8 Å². The smallest absolute Gasteiger partial charge is 0.462 e. The lowest BCUT2D eigenvalue weighted by Gasteiger charge is -2.24. The van der Waals surface area contributed by atoms with Crippen LogP contribution in [-0.4, -0.2) is 74.9 Å². The number of unbranched alkanes of at least 4 members (excludes halogenated alkanes) is 12. The first-order valence-corrected chi connectivity index (χ1v) is 23.2. The zero-order chi connectivity index (χ0) is 41.4. The predicted molar refractivity (Wildman–Crippen MR) is 233 cm³/mol. The number of hydrogen-bond acceptors (Lipinski definition) is 7. The SMILES string of the molecule is CCCCC/C=C/C/C=C/C/C=C/C/C=C/C/C=C/CCC(=O)OC[C@@H](COP(=O)(O)OCC[N+](C)(C)C)OC(=O)CCCCC/C=C/CCCCCCCC. The van der Waals surface area contributed by atoms with Gasteiger partial charge in [-0.2, -0.15) is 0 Å². The Bertz CT molecular complexity index is 1180. The molecular weight excluding hydrogens is 725 g/mol. The first-order chi connectivity index (χ1) is 27.0. The summed E-state index contributed by atoms with van der Waals surface area (Å²) >= 11 is 0. The van der Waals surface area contributed by atoms with E-state index in [1.165, 1.54) is 64.2 Å². The number of likely N-dealkylation sites (N-methyl/N-ethyl adjacent to an activating group) is 1. The quantitative estimate of drug-likeness (QED) is 0.0216. The number of hydrogen-bond donors (Lipinski definition) is 1. The molecule has 0 radical (unpaired) electrons. The molecule has 2 atom stereocenters. The van der Waals surface area contributed by atoms with E-state index in [1.807, 2.05) is 33.3 Å². The zero-order valence-electron chi connectivity index (χ0n) is 36.1. The number of nitrogens with zero attached hydrogens (tertiary/aromatic N) is 1. The Balaban J connectivity index is 4.52. The molecule has 56 heavy (non-hydrogen) atoms. The number of esters is 2. The summed E-state index contributed by atoms with van der Waals surface area (Å²) in [5, 5.41) is 0. The van der Waals surface area contributed by atoms with Crippen LogP contribution >= 0.6 is 7.82 Å². The van der Waals surface area contributed by atoms with Crippen molar-refractivity contribution >= 4 is 19.8 Å². The van der Waals surface area contributed by atoms with Crippen LogP contribution in [0.25, 0.3) is 0 Å². The van der Waals surface area contributed by atoms with E-state index in [1.54, 1.807) is 0 Å². The molecule has 0 amide bonds. The highest BCUT2D eigenvalue weighted by Crippen LogP contribution is 2.43. The lowest BCUT2D eigenvalue weighted by molar-refractivity contribution is -0.870. The molecule has 0 aromatic rings. The Morgan fingerprint density at radius 3 is 1.55 bits per heavy atom. The molecule has 0 aliphatic heterocycles. The van der Waals surface area contributed by atoms with Gasteiger partial charge in [0.1, 0.15) is 19.8 Å². The molecule has 0 bridgehead atoms. The topological polar surface area (TPSA) is 108 Å².